The van der Waals surface area contributed by atoms with Crippen LogP contribution in [-0.2, 0) is 4.74 Å². The third kappa shape index (κ3) is 5.83. The van der Waals surface area contributed by atoms with Crippen LogP contribution in [0.5, 0.6) is 0 Å². The second-order valence-corrected chi connectivity index (χ2v) is 7.26. The third-order valence-corrected chi connectivity index (χ3v) is 4.73. The summed E-state index contributed by atoms with van der Waals surface area (Å²) in [6.45, 7) is -0.554. The van der Waals surface area contributed by atoms with Crippen LogP contribution in [0.15, 0.2) is 77.3 Å². The lowest BCUT2D eigenvalue weighted by molar-refractivity contribution is -0.384. The third-order valence-electron chi connectivity index (χ3n) is 4.20. The molecule has 0 bridgehead atoms. The number of ketones is 1. The van der Waals surface area contributed by atoms with Gasteiger partial charge in [-0.2, -0.15) is 0 Å². The number of ether oxygens (including phenoxy) is 1. The molecule has 0 atom stereocenters. The summed E-state index contributed by atoms with van der Waals surface area (Å²) in [6.07, 6.45) is 0. The SMILES string of the molecule is O=C(COC(=O)c1ccc(NC(=O)c2ccc(Br)cc2)cc1)c1cccc([N+](=O)[O-])c1. The number of nitrogens with zero attached hydrogens (tertiary/aromatic N) is 1. The Morgan fingerprint density at radius 3 is 2.19 bits per heavy atom. The second kappa shape index (κ2) is 9.77. The summed E-state index contributed by atoms with van der Waals surface area (Å²) in [5.41, 5.74) is 1.00. The molecule has 0 unspecified atom stereocenters. The lowest BCUT2D eigenvalue weighted by Crippen LogP contribution is -2.15. The molecular weight excluding hydrogens is 468 g/mol. The van der Waals surface area contributed by atoms with E-state index in [9.17, 15) is 24.5 Å². The first-order valence-electron chi connectivity index (χ1n) is 8.95. The summed E-state index contributed by atoms with van der Waals surface area (Å²) >= 11 is 3.30. The zero-order valence-corrected chi connectivity index (χ0v) is 17.5. The van der Waals surface area contributed by atoms with Crippen molar-refractivity contribution in [3.63, 3.8) is 0 Å². The van der Waals surface area contributed by atoms with E-state index in [1.807, 2.05) is 0 Å². The van der Waals surface area contributed by atoms with Crippen molar-refractivity contribution < 1.29 is 24.0 Å². The van der Waals surface area contributed by atoms with Crippen LogP contribution < -0.4 is 5.32 Å². The van der Waals surface area contributed by atoms with E-state index in [-0.39, 0.29) is 22.7 Å². The van der Waals surface area contributed by atoms with Crippen LogP contribution in [0.2, 0.25) is 0 Å². The number of rotatable bonds is 7. The van der Waals surface area contributed by atoms with Gasteiger partial charge in [-0.3, -0.25) is 19.7 Å². The molecule has 0 aliphatic carbocycles. The van der Waals surface area contributed by atoms with Crippen molar-refractivity contribution in [1.82, 2.24) is 0 Å². The Balaban J connectivity index is 1.57. The van der Waals surface area contributed by atoms with Gasteiger partial charge in [0.05, 0.1) is 10.5 Å². The normalized spacial score (nSPS) is 10.2. The predicted molar refractivity (Wildman–Crippen MR) is 116 cm³/mol. The average molecular weight is 483 g/mol. The molecule has 9 heteroatoms. The number of non-ortho nitro benzene ring substituents is 1. The van der Waals surface area contributed by atoms with Gasteiger partial charge in [-0.05, 0) is 48.5 Å². The molecule has 0 fully saturated rings. The summed E-state index contributed by atoms with van der Waals surface area (Å²) in [6, 6.07) is 18.0. The van der Waals surface area contributed by atoms with Gasteiger partial charge in [0, 0.05) is 33.4 Å². The fraction of sp³-hybridized carbons (Fsp3) is 0.0455. The number of nitro benzene ring substituents is 1. The number of benzene rings is 3. The van der Waals surface area contributed by atoms with Crippen LogP contribution in [0.1, 0.15) is 31.1 Å². The molecule has 0 aliphatic rings. The van der Waals surface area contributed by atoms with Gasteiger partial charge in [0.1, 0.15) is 0 Å². The Bertz CT molecular complexity index is 1140. The van der Waals surface area contributed by atoms with Crippen molar-refractivity contribution in [2.75, 3.05) is 11.9 Å². The molecule has 1 N–H and O–H groups in total. The Morgan fingerprint density at radius 2 is 1.55 bits per heavy atom. The first-order chi connectivity index (χ1) is 14.8. The highest BCUT2D eigenvalue weighted by molar-refractivity contribution is 9.10. The van der Waals surface area contributed by atoms with E-state index in [1.165, 1.54) is 42.5 Å². The largest absolute Gasteiger partial charge is 0.454 e. The first kappa shape index (κ1) is 21.8. The van der Waals surface area contributed by atoms with Crippen LogP contribution in [0.4, 0.5) is 11.4 Å². The van der Waals surface area contributed by atoms with Gasteiger partial charge < -0.3 is 10.1 Å². The summed E-state index contributed by atoms with van der Waals surface area (Å²) in [5, 5.41) is 13.5. The summed E-state index contributed by atoms with van der Waals surface area (Å²) in [7, 11) is 0. The average Bonchev–Trinajstić information content (AvgIpc) is 2.78. The van der Waals surface area contributed by atoms with Gasteiger partial charge in [0.2, 0.25) is 5.78 Å². The van der Waals surface area contributed by atoms with Gasteiger partial charge >= 0.3 is 5.97 Å². The van der Waals surface area contributed by atoms with Gasteiger partial charge in [0.15, 0.2) is 6.61 Å². The maximum Gasteiger partial charge on any atom is 0.338 e. The second-order valence-electron chi connectivity index (χ2n) is 6.35. The van der Waals surface area contributed by atoms with E-state index in [2.05, 4.69) is 21.2 Å². The molecule has 0 aromatic heterocycles. The molecule has 0 heterocycles. The highest BCUT2D eigenvalue weighted by atomic mass is 79.9. The number of nitrogens with one attached hydrogen (secondary N) is 1. The number of esters is 1. The summed E-state index contributed by atoms with van der Waals surface area (Å²) < 4.78 is 5.85. The van der Waals surface area contributed by atoms with E-state index >= 15 is 0 Å². The lowest BCUT2D eigenvalue weighted by atomic mass is 10.1. The van der Waals surface area contributed by atoms with E-state index in [0.29, 0.717) is 11.3 Å². The van der Waals surface area contributed by atoms with Gasteiger partial charge in [0.25, 0.3) is 11.6 Å². The number of hydrogen-bond acceptors (Lipinski definition) is 6. The van der Waals surface area contributed by atoms with Crippen molar-refractivity contribution in [3.8, 4) is 0 Å². The molecule has 3 aromatic carbocycles. The molecule has 0 saturated heterocycles. The number of Topliss-reactive ketones (excluding diaryl/α,β-unsaturated/α-hetero) is 1. The minimum Gasteiger partial charge on any atom is -0.454 e. The molecule has 0 radical (unpaired) electrons. The number of amides is 1. The highest BCUT2D eigenvalue weighted by Gasteiger charge is 2.15. The fourth-order valence-corrected chi connectivity index (χ4v) is 2.85. The van der Waals surface area contributed by atoms with E-state index in [1.54, 1.807) is 24.3 Å². The molecule has 0 aliphatic heterocycles. The molecule has 1 amide bonds. The Hall–Kier alpha value is -3.85. The van der Waals surface area contributed by atoms with Gasteiger partial charge in [-0.25, -0.2) is 4.79 Å². The summed E-state index contributed by atoms with van der Waals surface area (Å²) in [5.74, 6) is -1.59. The zero-order chi connectivity index (χ0) is 22.4. The first-order valence-corrected chi connectivity index (χ1v) is 9.74. The molecule has 8 nitrogen and oxygen atoms in total. The standard InChI is InChI=1S/C22H15BrN2O6/c23-17-8-4-14(5-9-17)21(27)24-18-10-6-15(7-11-18)22(28)31-13-20(26)16-2-1-3-19(12-16)25(29)30/h1-12H,13H2,(H,24,27). The van der Waals surface area contributed by atoms with Crippen LogP contribution in [0.3, 0.4) is 0 Å². The van der Waals surface area contributed by atoms with Crippen molar-refractivity contribution in [3.05, 3.63) is 104 Å². The number of halogens is 1. The molecule has 31 heavy (non-hydrogen) atoms. The molecule has 3 aromatic rings. The van der Waals surface area contributed by atoms with Gasteiger partial charge in [-0.15, -0.1) is 0 Å². The lowest BCUT2D eigenvalue weighted by Gasteiger charge is -2.07. The number of nitro groups is 1. The van der Waals surface area contributed by atoms with Crippen LogP contribution >= 0.6 is 15.9 Å². The minimum atomic E-state index is -0.732. The topological polar surface area (TPSA) is 116 Å². The quantitative estimate of drug-likeness (QED) is 0.226. The molecule has 0 spiro atoms. The van der Waals surface area contributed by atoms with Crippen molar-refractivity contribution in [2.24, 2.45) is 0 Å². The monoisotopic (exact) mass is 482 g/mol. The van der Waals surface area contributed by atoms with E-state index < -0.39 is 23.3 Å². The Kier molecular flexibility index (Phi) is 6.88. The zero-order valence-electron chi connectivity index (χ0n) is 15.9. The summed E-state index contributed by atoms with van der Waals surface area (Å²) in [4.78, 5) is 46.7. The van der Waals surface area contributed by atoms with E-state index in [0.717, 1.165) is 10.5 Å². The molecule has 0 saturated carbocycles. The molecule has 3 rings (SSSR count). The predicted octanol–water partition coefficient (Wildman–Crippen LogP) is 4.65. The number of hydrogen-bond donors (Lipinski definition) is 1. The van der Waals surface area contributed by atoms with Gasteiger partial charge in [-0.1, -0.05) is 28.1 Å². The van der Waals surface area contributed by atoms with Crippen molar-refractivity contribution in [1.29, 1.82) is 0 Å². The number of carbonyl (C=O) groups is 3. The molecular formula is C22H15BrN2O6. The van der Waals surface area contributed by atoms with E-state index in [4.69, 9.17) is 4.74 Å². The van der Waals surface area contributed by atoms with Crippen LogP contribution in [0, 0.1) is 10.1 Å². The molecule has 156 valence electrons. The Labute approximate surface area is 185 Å². The van der Waals surface area contributed by atoms with Crippen LogP contribution in [0.25, 0.3) is 0 Å². The van der Waals surface area contributed by atoms with Crippen LogP contribution in [-0.4, -0.2) is 29.2 Å². The van der Waals surface area contributed by atoms with Crippen molar-refractivity contribution in [2.45, 2.75) is 0 Å². The fourth-order valence-electron chi connectivity index (χ4n) is 2.58. The van der Waals surface area contributed by atoms with Crippen molar-refractivity contribution >= 4 is 45.0 Å². The maximum atomic E-state index is 12.2. The number of carbonyl (C=O) groups excluding carboxylic acids is 3. The highest BCUT2D eigenvalue weighted by Crippen LogP contribution is 2.16. The Morgan fingerprint density at radius 1 is 0.903 bits per heavy atom. The number of anilines is 1. The smallest absolute Gasteiger partial charge is 0.338 e. The maximum absolute atomic E-state index is 12.2. The minimum absolute atomic E-state index is 0.0769.